The second-order valence-electron chi connectivity index (χ2n) is 4.16. The first-order valence-corrected chi connectivity index (χ1v) is 6.44. The number of aryl methyl sites for hydroxylation is 1. The van der Waals surface area contributed by atoms with E-state index in [-0.39, 0.29) is 6.03 Å². The number of urea groups is 1. The summed E-state index contributed by atoms with van der Waals surface area (Å²) in [7, 11) is 1.64. The first-order chi connectivity index (χ1) is 9.17. The molecule has 1 rings (SSSR count). The first-order valence-electron chi connectivity index (χ1n) is 6.44. The van der Waals surface area contributed by atoms with Crippen LogP contribution in [0.15, 0.2) is 18.2 Å². The van der Waals surface area contributed by atoms with Crippen molar-refractivity contribution in [3.8, 4) is 5.75 Å². The molecule has 2 amide bonds. The molecule has 0 bridgehead atoms. The third-order valence-corrected chi connectivity index (χ3v) is 2.50. The Kier molecular flexibility index (Phi) is 6.74. The van der Waals surface area contributed by atoms with Gasteiger partial charge in [-0.05, 0) is 38.0 Å². The Labute approximate surface area is 114 Å². The molecule has 0 aliphatic heterocycles. The highest BCUT2D eigenvalue weighted by atomic mass is 16.5. The molecule has 0 atom stereocenters. The van der Waals surface area contributed by atoms with Crippen LogP contribution < -0.4 is 15.4 Å². The number of ether oxygens (including phenoxy) is 2. The van der Waals surface area contributed by atoms with Gasteiger partial charge in [-0.2, -0.15) is 0 Å². The number of hydrogen-bond acceptors (Lipinski definition) is 3. The van der Waals surface area contributed by atoms with Gasteiger partial charge in [-0.1, -0.05) is 6.07 Å². The van der Waals surface area contributed by atoms with E-state index in [4.69, 9.17) is 9.47 Å². The van der Waals surface area contributed by atoms with E-state index in [0.29, 0.717) is 31.2 Å². The van der Waals surface area contributed by atoms with E-state index < -0.39 is 0 Å². The van der Waals surface area contributed by atoms with Crippen LogP contribution in [0, 0.1) is 6.92 Å². The Balaban J connectivity index is 2.53. The van der Waals surface area contributed by atoms with Crippen LogP contribution in [0.3, 0.4) is 0 Å². The number of amides is 2. The van der Waals surface area contributed by atoms with Crippen LogP contribution in [0.25, 0.3) is 0 Å². The zero-order valence-electron chi connectivity index (χ0n) is 11.8. The number of benzene rings is 1. The molecule has 2 N–H and O–H groups in total. The van der Waals surface area contributed by atoms with Crippen LogP contribution >= 0.6 is 0 Å². The molecule has 1 aromatic carbocycles. The molecule has 0 fully saturated rings. The molecule has 0 aliphatic carbocycles. The van der Waals surface area contributed by atoms with Crippen molar-refractivity contribution >= 4 is 11.7 Å². The minimum Gasteiger partial charge on any atom is -0.492 e. The van der Waals surface area contributed by atoms with Gasteiger partial charge in [0.05, 0.1) is 12.3 Å². The molecule has 0 aromatic heterocycles. The molecule has 5 nitrogen and oxygen atoms in total. The minimum atomic E-state index is -0.235. The Morgan fingerprint density at radius 1 is 1.37 bits per heavy atom. The van der Waals surface area contributed by atoms with E-state index in [0.717, 1.165) is 12.0 Å². The van der Waals surface area contributed by atoms with Gasteiger partial charge in [0.25, 0.3) is 0 Å². The molecule has 0 saturated carbocycles. The van der Waals surface area contributed by atoms with Crippen LogP contribution in [0.5, 0.6) is 5.75 Å². The van der Waals surface area contributed by atoms with E-state index in [1.807, 2.05) is 32.0 Å². The van der Waals surface area contributed by atoms with Gasteiger partial charge in [0.1, 0.15) is 5.75 Å². The molecule has 1 aromatic rings. The van der Waals surface area contributed by atoms with Crippen LogP contribution in [0.1, 0.15) is 18.9 Å². The molecular formula is C14H22N2O3. The standard InChI is InChI=1S/C14H22N2O3/c1-4-19-13-10-11(2)6-7-12(13)16-14(17)15-8-5-9-18-3/h6-7,10H,4-5,8-9H2,1-3H3,(H2,15,16,17). The number of carbonyl (C=O) groups excluding carboxylic acids is 1. The quantitative estimate of drug-likeness (QED) is 0.746. The zero-order chi connectivity index (χ0) is 14.1. The largest absolute Gasteiger partial charge is 0.492 e. The van der Waals surface area contributed by atoms with Gasteiger partial charge < -0.3 is 20.1 Å². The predicted octanol–water partition coefficient (Wildman–Crippen LogP) is 2.55. The molecule has 0 radical (unpaired) electrons. The maximum atomic E-state index is 11.7. The second kappa shape index (κ2) is 8.37. The smallest absolute Gasteiger partial charge is 0.319 e. The lowest BCUT2D eigenvalue weighted by atomic mass is 10.2. The fourth-order valence-corrected chi connectivity index (χ4v) is 1.59. The number of anilines is 1. The van der Waals surface area contributed by atoms with E-state index in [9.17, 15) is 4.79 Å². The third-order valence-electron chi connectivity index (χ3n) is 2.50. The lowest BCUT2D eigenvalue weighted by Gasteiger charge is -2.13. The lowest BCUT2D eigenvalue weighted by Crippen LogP contribution is -2.30. The van der Waals surface area contributed by atoms with Crippen molar-refractivity contribution < 1.29 is 14.3 Å². The molecule has 0 aliphatic rings. The maximum absolute atomic E-state index is 11.7. The summed E-state index contributed by atoms with van der Waals surface area (Å²) in [5.41, 5.74) is 1.77. The fraction of sp³-hybridized carbons (Fsp3) is 0.500. The molecule has 0 spiro atoms. The lowest BCUT2D eigenvalue weighted by molar-refractivity contribution is 0.194. The number of rotatable bonds is 7. The van der Waals surface area contributed by atoms with Crippen LogP contribution in [0.4, 0.5) is 10.5 Å². The van der Waals surface area contributed by atoms with Gasteiger partial charge in [-0.3, -0.25) is 0 Å². The monoisotopic (exact) mass is 266 g/mol. The summed E-state index contributed by atoms with van der Waals surface area (Å²) in [6.07, 6.45) is 0.788. The summed E-state index contributed by atoms with van der Waals surface area (Å²) in [6.45, 7) is 5.67. The molecule has 106 valence electrons. The Morgan fingerprint density at radius 3 is 2.84 bits per heavy atom. The Morgan fingerprint density at radius 2 is 2.16 bits per heavy atom. The summed E-state index contributed by atoms with van der Waals surface area (Å²) in [5, 5.41) is 5.55. The van der Waals surface area contributed by atoms with Crippen molar-refractivity contribution in [2.75, 3.05) is 32.2 Å². The van der Waals surface area contributed by atoms with Crippen LogP contribution in [-0.2, 0) is 4.74 Å². The Bertz CT molecular complexity index is 408. The van der Waals surface area contributed by atoms with Gasteiger partial charge >= 0.3 is 6.03 Å². The summed E-state index contributed by atoms with van der Waals surface area (Å²) in [5.74, 6) is 0.689. The number of nitrogens with one attached hydrogen (secondary N) is 2. The number of carbonyl (C=O) groups is 1. The zero-order valence-corrected chi connectivity index (χ0v) is 11.8. The fourth-order valence-electron chi connectivity index (χ4n) is 1.59. The molecule has 5 heteroatoms. The number of methoxy groups -OCH3 is 1. The predicted molar refractivity (Wildman–Crippen MR) is 75.9 cm³/mol. The summed E-state index contributed by atoms with van der Waals surface area (Å²) >= 11 is 0. The van der Waals surface area contributed by atoms with Crippen molar-refractivity contribution in [3.63, 3.8) is 0 Å². The topological polar surface area (TPSA) is 59.6 Å². The molecule has 19 heavy (non-hydrogen) atoms. The molecule has 0 saturated heterocycles. The highest BCUT2D eigenvalue weighted by Crippen LogP contribution is 2.25. The highest BCUT2D eigenvalue weighted by molar-refractivity contribution is 5.90. The van der Waals surface area contributed by atoms with Crippen molar-refractivity contribution in [2.45, 2.75) is 20.3 Å². The van der Waals surface area contributed by atoms with Gasteiger partial charge in [-0.25, -0.2) is 4.79 Å². The highest BCUT2D eigenvalue weighted by Gasteiger charge is 2.07. The summed E-state index contributed by atoms with van der Waals surface area (Å²) in [6, 6.07) is 5.45. The van der Waals surface area contributed by atoms with Crippen molar-refractivity contribution in [1.29, 1.82) is 0 Å². The van der Waals surface area contributed by atoms with E-state index in [1.54, 1.807) is 7.11 Å². The number of hydrogen-bond donors (Lipinski definition) is 2. The second-order valence-corrected chi connectivity index (χ2v) is 4.16. The summed E-state index contributed by atoms with van der Waals surface area (Å²) < 4.78 is 10.4. The third kappa shape index (κ3) is 5.61. The maximum Gasteiger partial charge on any atom is 0.319 e. The van der Waals surface area contributed by atoms with Crippen LogP contribution in [0.2, 0.25) is 0 Å². The normalized spacial score (nSPS) is 10.1. The van der Waals surface area contributed by atoms with E-state index in [1.165, 1.54) is 0 Å². The molecule has 0 heterocycles. The first kappa shape index (κ1) is 15.3. The average molecular weight is 266 g/mol. The van der Waals surface area contributed by atoms with Gasteiger partial charge in [-0.15, -0.1) is 0 Å². The van der Waals surface area contributed by atoms with Crippen LogP contribution in [-0.4, -0.2) is 32.9 Å². The van der Waals surface area contributed by atoms with E-state index in [2.05, 4.69) is 10.6 Å². The molecular weight excluding hydrogens is 244 g/mol. The van der Waals surface area contributed by atoms with E-state index >= 15 is 0 Å². The summed E-state index contributed by atoms with van der Waals surface area (Å²) in [4.78, 5) is 11.7. The van der Waals surface area contributed by atoms with Crippen molar-refractivity contribution in [1.82, 2.24) is 5.32 Å². The average Bonchev–Trinajstić information content (AvgIpc) is 2.38. The van der Waals surface area contributed by atoms with Crippen molar-refractivity contribution in [2.24, 2.45) is 0 Å². The van der Waals surface area contributed by atoms with Gasteiger partial charge in [0, 0.05) is 20.3 Å². The SMILES string of the molecule is CCOc1cc(C)ccc1NC(=O)NCCCOC. The molecule has 0 unspecified atom stereocenters. The van der Waals surface area contributed by atoms with Crippen molar-refractivity contribution in [3.05, 3.63) is 23.8 Å². The van der Waals surface area contributed by atoms with Gasteiger partial charge in [0.15, 0.2) is 0 Å². The van der Waals surface area contributed by atoms with Gasteiger partial charge in [0.2, 0.25) is 0 Å². The Hall–Kier alpha value is -1.75. The minimum absolute atomic E-state index is 0.235.